The fraction of sp³-hybridized carbons (Fsp3) is 0.429. The van der Waals surface area contributed by atoms with Crippen molar-refractivity contribution in [3.8, 4) is 0 Å². The number of rotatable bonds is 2. The smallest absolute Gasteiger partial charge is 0.287 e. The van der Waals surface area contributed by atoms with E-state index in [1.54, 1.807) is 24.0 Å². The molecule has 0 saturated heterocycles. The fourth-order valence-corrected chi connectivity index (χ4v) is 0.824. The number of nitrogens with zero attached hydrogens (tertiary/aromatic N) is 2. The lowest BCUT2D eigenvalue weighted by atomic mass is 10.5. The number of carbonyl (C=O) groups is 1. The second kappa shape index (κ2) is 3.18. The van der Waals surface area contributed by atoms with Gasteiger partial charge in [0.2, 0.25) is 0 Å². The van der Waals surface area contributed by atoms with Crippen LogP contribution < -0.4 is 5.32 Å². The molecular formula is C7H11N3O. The number of hydrogen-bond donors (Lipinski definition) is 1. The molecule has 0 atom stereocenters. The molecule has 0 aliphatic heterocycles. The SMILES string of the molecule is CCNC(=O)c1nccn1C. The van der Waals surface area contributed by atoms with E-state index in [2.05, 4.69) is 10.3 Å². The summed E-state index contributed by atoms with van der Waals surface area (Å²) in [6.45, 7) is 2.51. The zero-order valence-corrected chi connectivity index (χ0v) is 6.66. The summed E-state index contributed by atoms with van der Waals surface area (Å²) in [5, 5.41) is 2.67. The van der Waals surface area contributed by atoms with Crippen molar-refractivity contribution in [1.29, 1.82) is 0 Å². The molecule has 4 heteroatoms. The third-order valence-corrected chi connectivity index (χ3v) is 1.36. The number of amides is 1. The zero-order chi connectivity index (χ0) is 8.27. The molecule has 1 heterocycles. The molecule has 4 nitrogen and oxygen atoms in total. The highest BCUT2D eigenvalue weighted by Gasteiger charge is 2.07. The predicted octanol–water partition coefficient (Wildman–Crippen LogP) is 0.170. The Bertz CT molecular complexity index is 254. The highest BCUT2D eigenvalue weighted by molar-refractivity contribution is 5.90. The first kappa shape index (κ1) is 7.78. The van der Waals surface area contributed by atoms with Gasteiger partial charge in [-0.3, -0.25) is 4.79 Å². The van der Waals surface area contributed by atoms with E-state index in [-0.39, 0.29) is 5.91 Å². The number of imidazole rings is 1. The van der Waals surface area contributed by atoms with Crippen LogP contribution in [0.15, 0.2) is 12.4 Å². The van der Waals surface area contributed by atoms with E-state index in [9.17, 15) is 4.79 Å². The largest absolute Gasteiger partial charge is 0.350 e. The van der Waals surface area contributed by atoms with Crippen LogP contribution in [0.25, 0.3) is 0 Å². The maximum atomic E-state index is 11.1. The molecule has 1 aromatic rings. The third kappa shape index (κ3) is 1.58. The summed E-state index contributed by atoms with van der Waals surface area (Å²) in [5.74, 6) is 0.326. The van der Waals surface area contributed by atoms with E-state index >= 15 is 0 Å². The molecule has 0 aliphatic carbocycles. The van der Waals surface area contributed by atoms with Crippen LogP contribution in [0.3, 0.4) is 0 Å². The van der Waals surface area contributed by atoms with Crippen molar-refractivity contribution in [1.82, 2.24) is 14.9 Å². The first-order chi connectivity index (χ1) is 5.25. The first-order valence-corrected chi connectivity index (χ1v) is 3.51. The molecule has 11 heavy (non-hydrogen) atoms. The van der Waals surface area contributed by atoms with Gasteiger partial charge in [0.1, 0.15) is 0 Å². The van der Waals surface area contributed by atoms with Crippen LogP contribution >= 0.6 is 0 Å². The minimum Gasteiger partial charge on any atom is -0.350 e. The Balaban J connectivity index is 2.76. The predicted molar refractivity (Wildman–Crippen MR) is 41.2 cm³/mol. The lowest BCUT2D eigenvalue weighted by Gasteiger charge is -2.00. The minimum atomic E-state index is -0.125. The second-order valence-electron chi connectivity index (χ2n) is 2.22. The summed E-state index contributed by atoms with van der Waals surface area (Å²) in [7, 11) is 1.79. The van der Waals surface area contributed by atoms with Gasteiger partial charge in [0.25, 0.3) is 5.91 Å². The Kier molecular flexibility index (Phi) is 2.25. The molecule has 0 fully saturated rings. The van der Waals surface area contributed by atoms with Crippen LogP contribution in [0.5, 0.6) is 0 Å². The molecule has 0 unspecified atom stereocenters. The molecule has 0 spiro atoms. The molecular weight excluding hydrogens is 142 g/mol. The van der Waals surface area contributed by atoms with Crippen LogP contribution in [-0.2, 0) is 7.05 Å². The van der Waals surface area contributed by atoms with Crippen molar-refractivity contribution in [3.05, 3.63) is 18.2 Å². The van der Waals surface area contributed by atoms with Crippen molar-refractivity contribution in [2.45, 2.75) is 6.92 Å². The summed E-state index contributed by atoms with van der Waals surface area (Å²) in [4.78, 5) is 15.0. The van der Waals surface area contributed by atoms with Crippen molar-refractivity contribution in [3.63, 3.8) is 0 Å². The number of aromatic nitrogens is 2. The first-order valence-electron chi connectivity index (χ1n) is 3.51. The number of hydrogen-bond acceptors (Lipinski definition) is 2. The quantitative estimate of drug-likeness (QED) is 0.658. The molecule has 1 aromatic heterocycles. The van der Waals surface area contributed by atoms with E-state index < -0.39 is 0 Å². The van der Waals surface area contributed by atoms with Gasteiger partial charge in [-0.05, 0) is 6.92 Å². The number of carbonyl (C=O) groups excluding carboxylic acids is 1. The van der Waals surface area contributed by atoms with Crippen molar-refractivity contribution in [2.75, 3.05) is 6.54 Å². The average Bonchev–Trinajstić information content (AvgIpc) is 2.36. The number of nitrogens with one attached hydrogen (secondary N) is 1. The zero-order valence-electron chi connectivity index (χ0n) is 6.66. The molecule has 0 radical (unpaired) electrons. The maximum Gasteiger partial charge on any atom is 0.287 e. The summed E-state index contributed by atoms with van der Waals surface area (Å²) in [6.07, 6.45) is 3.34. The summed E-state index contributed by atoms with van der Waals surface area (Å²) >= 11 is 0. The van der Waals surface area contributed by atoms with E-state index in [0.717, 1.165) is 0 Å². The summed E-state index contributed by atoms with van der Waals surface area (Å²) in [6, 6.07) is 0. The maximum absolute atomic E-state index is 11.1. The molecule has 0 aliphatic rings. The van der Waals surface area contributed by atoms with Crippen LogP contribution in [0.2, 0.25) is 0 Å². The van der Waals surface area contributed by atoms with Crippen LogP contribution in [0, 0.1) is 0 Å². The fourth-order valence-electron chi connectivity index (χ4n) is 0.824. The van der Waals surface area contributed by atoms with Gasteiger partial charge in [-0.15, -0.1) is 0 Å². The molecule has 1 amide bonds. The van der Waals surface area contributed by atoms with Crippen molar-refractivity contribution >= 4 is 5.91 Å². The average molecular weight is 153 g/mol. The molecule has 0 aromatic carbocycles. The highest BCUT2D eigenvalue weighted by Crippen LogP contribution is 1.92. The van der Waals surface area contributed by atoms with Gasteiger partial charge >= 0.3 is 0 Å². The van der Waals surface area contributed by atoms with E-state index in [0.29, 0.717) is 12.4 Å². The van der Waals surface area contributed by atoms with Gasteiger partial charge in [-0.25, -0.2) is 4.98 Å². The van der Waals surface area contributed by atoms with E-state index in [1.807, 2.05) is 6.92 Å². The van der Waals surface area contributed by atoms with E-state index in [4.69, 9.17) is 0 Å². The summed E-state index contributed by atoms with van der Waals surface area (Å²) < 4.78 is 1.69. The Morgan fingerprint density at radius 1 is 1.82 bits per heavy atom. The monoisotopic (exact) mass is 153 g/mol. The lowest BCUT2D eigenvalue weighted by molar-refractivity contribution is 0.0942. The van der Waals surface area contributed by atoms with Gasteiger partial charge in [-0.2, -0.15) is 0 Å². The van der Waals surface area contributed by atoms with Crippen molar-refractivity contribution in [2.24, 2.45) is 7.05 Å². The Labute approximate surface area is 65.2 Å². The Morgan fingerprint density at radius 2 is 2.55 bits per heavy atom. The molecule has 0 saturated carbocycles. The highest BCUT2D eigenvalue weighted by atomic mass is 16.2. The van der Waals surface area contributed by atoms with Gasteiger partial charge < -0.3 is 9.88 Å². The van der Waals surface area contributed by atoms with Gasteiger partial charge in [0.15, 0.2) is 5.82 Å². The Hall–Kier alpha value is -1.32. The normalized spacial score (nSPS) is 9.64. The second-order valence-corrected chi connectivity index (χ2v) is 2.22. The van der Waals surface area contributed by atoms with Gasteiger partial charge in [0, 0.05) is 26.0 Å². The third-order valence-electron chi connectivity index (χ3n) is 1.36. The van der Waals surface area contributed by atoms with Gasteiger partial charge in [-0.1, -0.05) is 0 Å². The number of aryl methyl sites for hydroxylation is 1. The van der Waals surface area contributed by atoms with Crippen molar-refractivity contribution < 1.29 is 4.79 Å². The molecule has 0 bridgehead atoms. The van der Waals surface area contributed by atoms with Crippen LogP contribution in [-0.4, -0.2) is 22.0 Å². The molecule has 60 valence electrons. The Morgan fingerprint density at radius 3 is 3.00 bits per heavy atom. The van der Waals surface area contributed by atoms with Crippen LogP contribution in [0.1, 0.15) is 17.5 Å². The van der Waals surface area contributed by atoms with E-state index in [1.165, 1.54) is 0 Å². The topological polar surface area (TPSA) is 46.9 Å². The minimum absolute atomic E-state index is 0.125. The summed E-state index contributed by atoms with van der Waals surface area (Å²) in [5.41, 5.74) is 0. The lowest BCUT2D eigenvalue weighted by Crippen LogP contribution is -2.25. The molecule has 1 N–H and O–H groups in total. The van der Waals surface area contributed by atoms with Crippen LogP contribution in [0.4, 0.5) is 0 Å². The molecule has 1 rings (SSSR count). The standard InChI is InChI=1S/C7H11N3O/c1-3-8-7(11)6-9-4-5-10(6)2/h4-5H,3H2,1-2H3,(H,8,11). The van der Waals surface area contributed by atoms with Gasteiger partial charge in [0.05, 0.1) is 0 Å².